The van der Waals surface area contributed by atoms with E-state index in [1.54, 1.807) is 5.57 Å². The third kappa shape index (κ3) is 5.46. The number of fused-ring (bicyclic) bond motifs is 5. The average molecular weight is 521 g/mol. The fourth-order valence-corrected chi connectivity index (χ4v) is 9.40. The van der Waals surface area contributed by atoms with Crippen molar-refractivity contribution in [2.75, 3.05) is 0 Å². The van der Waals surface area contributed by atoms with Gasteiger partial charge in [0.1, 0.15) is 11.9 Å². The minimum atomic E-state index is -0.557. The lowest BCUT2D eigenvalue weighted by Gasteiger charge is -2.58. The van der Waals surface area contributed by atoms with Crippen LogP contribution in [0.25, 0.3) is 0 Å². The number of hydrogen-bond acceptors (Lipinski definition) is 3. The van der Waals surface area contributed by atoms with Gasteiger partial charge >= 0.3 is 6.16 Å². The maximum Gasteiger partial charge on any atom is 0.514 e. The number of aryl methyl sites for hydroxylation is 1. The first-order valence-electron chi connectivity index (χ1n) is 16.0. The van der Waals surface area contributed by atoms with Crippen LogP contribution in [0.3, 0.4) is 0 Å². The van der Waals surface area contributed by atoms with Crippen LogP contribution in [0.1, 0.15) is 123 Å². The number of para-hydroxylation sites is 1. The van der Waals surface area contributed by atoms with Crippen molar-refractivity contribution in [3.8, 4) is 5.75 Å². The first-order valence-corrected chi connectivity index (χ1v) is 16.0. The molecule has 4 aliphatic carbocycles. The van der Waals surface area contributed by atoms with E-state index < -0.39 is 6.16 Å². The van der Waals surface area contributed by atoms with Crippen LogP contribution in [0.15, 0.2) is 35.9 Å². The molecule has 0 spiro atoms. The highest BCUT2D eigenvalue weighted by Gasteiger charge is 2.58. The molecule has 0 heterocycles. The summed E-state index contributed by atoms with van der Waals surface area (Å²) >= 11 is 0. The molecule has 0 saturated heterocycles. The van der Waals surface area contributed by atoms with Gasteiger partial charge in [-0.1, -0.05) is 89.1 Å². The smallest absolute Gasteiger partial charge is 0.430 e. The molecule has 0 N–H and O–H groups in total. The molecule has 4 aliphatic rings. The zero-order valence-corrected chi connectivity index (χ0v) is 24.6. The molecular weight excluding hydrogens is 468 g/mol. The number of unbranched alkanes of at least 4 members (excludes halogenated alkanes) is 5. The van der Waals surface area contributed by atoms with Crippen LogP contribution < -0.4 is 4.74 Å². The van der Waals surface area contributed by atoms with Gasteiger partial charge in [0.15, 0.2) is 0 Å². The van der Waals surface area contributed by atoms with E-state index in [9.17, 15) is 4.79 Å². The molecule has 7 atom stereocenters. The Morgan fingerprint density at radius 2 is 1.74 bits per heavy atom. The lowest BCUT2D eigenvalue weighted by molar-refractivity contribution is -0.0538. The Morgan fingerprint density at radius 3 is 2.55 bits per heavy atom. The normalized spacial score (nSPS) is 36.0. The van der Waals surface area contributed by atoms with E-state index in [0.717, 1.165) is 48.5 Å². The summed E-state index contributed by atoms with van der Waals surface area (Å²) in [6.45, 7) is 9.48. The average Bonchev–Trinajstić information content (AvgIpc) is 3.24. The van der Waals surface area contributed by atoms with Crippen LogP contribution >= 0.6 is 0 Å². The number of allylic oxidation sites excluding steroid dienone is 1. The SMILES string of the molecule is CCCCCCCC[C@@H]1CC[C@@H]2[C@@H]3CC=C4C[C@@H](OC(=O)Oc5ccccc5C)CC[C@]4(C)[C@H]3CC[C@]12C. The largest absolute Gasteiger partial charge is 0.514 e. The van der Waals surface area contributed by atoms with Crippen LogP contribution in [0.4, 0.5) is 4.79 Å². The van der Waals surface area contributed by atoms with Crippen molar-refractivity contribution < 1.29 is 14.3 Å². The summed E-state index contributed by atoms with van der Waals surface area (Å²) in [4.78, 5) is 12.6. The molecule has 0 aromatic heterocycles. The number of benzene rings is 1. The zero-order valence-electron chi connectivity index (χ0n) is 24.6. The number of carbonyl (C=O) groups excluding carboxylic acids is 1. The van der Waals surface area contributed by atoms with Crippen LogP contribution in [0.2, 0.25) is 0 Å². The predicted octanol–water partition coefficient (Wildman–Crippen LogP) is 10.2. The molecule has 0 bridgehead atoms. The van der Waals surface area contributed by atoms with Gasteiger partial charge in [-0.3, -0.25) is 0 Å². The minimum Gasteiger partial charge on any atom is -0.430 e. The van der Waals surface area contributed by atoms with Crippen molar-refractivity contribution in [2.24, 2.45) is 34.5 Å². The van der Waals surface area contributed by atoms with Gasteiger partial charge in [-0.05, 0) is 104 Å². The molecule has 0 radical (unpaired) electrons. The molecule has 38 heavy (non-hydrogen) atoms. The Hall–Kier alpha value is -1.77. The predicted molar refractivity (Wildman–Crippen MR) is 155 cm³/mol. The van der Waals surface area contributed by atoms with E-state index in [2.05, 4.69) is 26.8 Å². The third-order valence-electron chi connectivity index (χ3n) is 11.7. The molecule has 1 aromatic rings. The van der Waals surface area contributed by atoms with E-state index >= 15 is 0 Å². The molecule has 0 aliphatic heterocycles. The second kappa shape index (κ2) is 11.8. The standard InChI is InChI=1S/C35H52O3/c1-5-6-7-8-9-10-14-26-17-19-30-29-18-16-27-24-28(37-33(36)38-32-15-12-11-13-25(32)2)20-22-35(27,4)31(29)21-23-34(26,30)3/h11-13,15-16,26,28-31H,5-10,14,17-24H2,1-4H3/t26-,28+,29+,30-,31+,34-,35+/m1/s1. The van der Waals surface area contributed by atoms with Crippen molar-refractivity contribution in [3.05, 3.63) is 41.5 Å². The molecule has 5 rings (SSSR count). The number of ether oxygens (including phenoxy) is 2. The van der Waals surface area contributed by atoms with E-state index in [-0.39, 0.29) is 11.5 Å². The Bertz CT molecular complexity index is 997. The van der Waals surface area contributed by atoms with E-state index in [0.29, 0.717) is 11.2 Å². The van der Waals surface area contributed by atoms with E-state index in [1.165, 1.54) is 77.0 Å². The molecular formula is C35H52O3. The Balaban J connectivity index is 1.18. The second-order valence-electron chi connectivity index (χ2n) is 13.7. The molecule has 1 aromatic carbocycles. The quantitative estimate of drug-likeness (QED) is 0.141. The maximum absolute atomic E-state index is 12.6. The van der Waals surface area contributed by atoms with E-state index in [4.69, 9.17) is 9.47 Å². The van der Waals surface area contributed by atoms with Crippen molar-refractivity contribution in [1.29, 1.82) is 0 Å². The first kappa shape index (κ1) is 27.8. The van der Waals surface area contributed by atoms with Gasteiger partial charge in [0.2, 0.25) is 0 Å². The fourth-order valence-electron chi connectivity index (χ4n) is 9.40. The highest BCUT2D eigenvalue weighted by atomic mass is 16.7. The van der Waals surface area contributed by atoms with Gasteiger partial charge in [-0.2, -0.15) is 0 Å². The van der Waals surface area contributed by atoms with Crippen molar-refractivity contribution in [1.82, 2.24) is 0 Å². The third-order valence-corrected chi connectivity index (χ3v) is 11.7. The molecule has 3 saturated carbocycles. The summed E-state index contributed by atoms with van der Waals surface area (Å²) in [7, 11) is 0. The number of rotatable bonds is 9. The van der Waals surface area contributed by atoms with Crippen LogP contribution in [0.5, 0.6) is 5.75 Å². The lowest BCUT2D eigenvalue weighted by Crippen LogP contribution is -2.50. The summed E-state index contributed by atoms with van der Waals surface area (Å²) in [5.41, 5.74) is 3.35. The first-order chi connectivity index (χ1) is 18.3. The van der Waals surface area contributed by atoms with Crippen molar-refractivity contribution in [3.63, 3.8) is 0 Å². The minimum absolute atomic E-state index is 0.0653. The van der Waals surface area contributed by atoms with Gasteiger partial charge in [0.25, 0.3) is 0 Å². The van der Waals surface area contributed by atoms with Gasteiger partial charge in [0.05, 0.1) is 0 Å². The highest BCUT2D eigenvalue weighted by molar-refractivity contribution is 5.64. The molecule has 3 fully saturated rings. The second-order valence-corrected chi connectivity index (χ2v) is 13.7. The van der Waals surface area contributed by atoms with Gasteiger partial charge in [0, 0.05) is 6.42 Å². The molecule has 3 heteroatoms. The molecule has 0 amide bonds. The summed E-state index contributed by atoms with van der Waals surface area (Å²) < 4.78 is 11.4. The van der Waals surface area contributed by atoms with Gasteiger partial charge < -0.3 is 9.47 Å². The Morgan fingerprint density at radius 1 is 0.947 bits per heavy atom. The topological polar surface area (TPSA) is 35.5 Å². The van der Waals surface area contributed by atoms with Crippen molar-refractivity contribution in [2.45, 2.75) is 130 Å². The Kier molecular flexibility index (Phi) is 8.60. The van der Waals surface area contributed by atoms with Crippen LogP contribution in [-0.4, -0.2) is 12.3 Å². The summed E-state index contributed by atoms with van der Waals surface area (Å²) in [5.74, 6) is 4.09. The maximum atomic E-state index is 12.6. The molecule has 3 nitrogen and oxygen atoms in total. The summed E-state index contributed by atoms with van der Waals surface area (Å²) in [6.07, 6.45) is 21.8. The lowest BCUT2D eigenvalue weighted by atomic mass is 9.47. The zero-order chi connectivity index (χ0) is 26.8. The fraction of sp³-hybridized carbons (Fsp3) is 0.743. The highest BCUT2D eigenvalue weighted by Crippen LogP contribution is 2.66. The van der Waals surface area contributed by atoms with Crippen LogP contribution in [0, 0.1) is 41.4 Å². The number of hydrogen-bond donors (Lipinski definition) is 0. The summed E-state index contributed by atoms with van der Waals surface area (Å²) in [5, 5.41) is 0. The Labute approximate surface area is 232 Å². The monoisotopic (exact) mass is 520 g/mol. The number of carbonyl (C=O) groups is 1. The summed E-state index contributed by atoms with van der Waals surface area (Å²) in [6, 6.07) is 7.62. The molecule has 0 unspecified atom stereocenters. The van der Waals surface area contributed by atoms with Gasteiger partial charge in [-0.15, -0.1) is 0 Å². The van der Waals surface area contributed by atoms with E-state index in [1.807, 2.05) is 31.2 Å². The van der Waals surface area contributed by atoms with Crippen LogP contribution in [-0.2, 0) is 4.74 Å². The van der Waals surface area contributed by atoms with Crippen molar-refractivity contribution >= 4 is 6.16 Å². The van der Waals surface area contributed by atoms with Gasteiger partial charge in [-0.25, -0.2) is 4.79 Å². The molecule has 210 valence electrons.